The molecule has 1 N–H and O–H groups in total. The molecule has 1 rings (SSSR count). The summed E-state index contributed by atoms with van der Waals surface area (Å²) in [5.74, 6) is -0.213. The van der Waals surface area contributed by atoms with Crippen molar-refractivity contribution >= 4 is 11.8 Å². The number of nitrogens with one attached hydrogen (secondary N) is 1. The van der Waals surface area contributed by atoms with E-state index < -0.39 is 6.04 Å². The van der Waals surface area contributed by atoms with Crippen LogP contribution >= 0.6 is 0 Å². The zero-order chi connectivity index (χ0) is 14.3. The second-order valence-electron chi connectivity index (χ2n) is 5.21. The first-order valence-corrected chi connectivity index (χ1v) is 7.24. The smallest absolute Gasteiger partial charge is 0.246 e. The van der Waals surface area contributed by atoms with Gasteiger partial charge in [0.05, 0.1) is 6.10 Å². The third kappa shape index (κ3) is 5.59. The Hall–Kier alpha value is -1.10. The third-order valence-electron chi connectivity index (χ3n) is 3.49. The van der Waals surface area contributed by atoms with E-state index in [1.54, 1.807) is 6.92 Å². The topological polar surface area (TPSA) is 58.6 Å². The summed E-state index contributed by atoms with van der Waals surface area (Å²) in [7, 11) is 0. The summed E-state index contributed by atoms with van der Waals surface area (Å²) < 4.78 is 5.34. The van der Waals surface area contributed by atoms with Gasteiger partial charge in [-0.15, -0.1) is 0 Å². The first-order chi connectivity index (χ1) is 9.04. The maximum Gasteiger partial charge on any atom is 0.246 e. The Balaban J connectivity index is 2.30. The van der Waals surface area contributed by atoms with Gasteiger partial charge in [-0.3, -0.25) is 9.59 Å². The number of rotatable bonds is 6. The molecule has 0 aromatic heterocycles. The van der Waals surface area contributed by atoms with Gasteiger partial charge in [-0.05, 0) is 39.5 Å². The Kier molecular flexibility index (Phi) is 6.84. The monoisotopic (exact) mass is 270 g/mol. The summed E-state index contributed by atoms with van der Waals surface area (Å²) in [6, 6.07) is -0.467. The van der Waals surface area contributed by atoms with Crippen molar-refractivity contribution in [2.24, 2.45) is 0 Å². The van der Waals surface area contributed by atoms with Crippen molar-refractivity contribution in [3.63, 3.8) is 0 Å². The van der Waals surface area contributed by atoms with Crippen LogP contribution in [0.25, 0.3) is 0 Å². The van der Waals surface area contributed by atoms with Gasteiger partial charge in [0, 0.05) is 13.1 Å². The molecule has 2 amide bonds. The van der Waals surface area contributed by atoms with Crippen molar-refractivity contribution in [3.8, 4) is 0 Å². The van der Waals surface area contributed by atoms with Crippen molar-refractivity contribution in [3.05, 3.63) is 0 Å². The van der Waals surface area contributed by atoms with Gasteiger partial charge in [0.15, 0.2) is 0 Å². The molecule has 0 radical (unpaired) electrons. The maximum absolute atomic E-state index is 12.1. The predicted molar refractivity (Wildman–Crippen MR) is 73.7 cm³/mol. The Labute approximate surface area is 115 Å². The molecule has 0 saturated carbocycles. The molecule has 0 spiro atoms. The van der Waals surface area contributed by atoms with Gasteiger partial charge < -0.3 is 15.0 Å². The van der Waals surface area contributed by atoms with E-state index >= 15 is 0 Å². The molecule has 1 fully saturated rings. The van der Waals surface area contributed by atoms with Gasteiger partial charge in [-0.2, -0.15) is 0 Å². The van der Waals surface area contributed by atoms with E-state index in [0.29, 0.717) is 0 Å². The van der Waals surface area contributed by atoms with Crippen LogP contribution in [0.2, 0.25) is 0 Å². The molecule has 0 aliphatic carbocycles. The van der Waals surface area contributed by atoms with Crippen LogP contribution in [0.4, 0.5) is 0 Å². The lowest BCUT2D eigenvalue weighted by molar-refractivity contribution is -0.138. The van der Waals surface area contributed by atoms with Gasteiger partial charge in [-0.1, -0.05) is 6.92 Å². The van der Waals surface area contributed by atoms with E-state index in [1.807, 2.05) is 18.7 Å². The van der Waals surface area contributed by atoms with Gasteiger partial charge in [-0.25, -0.2) is 0 Å². The van der Waals surface area contributed by atoms with Crippen LogP contribution in [-0.2, 0) is 14.3 Å². The number of hydrogen-bond acceptors (Lipinski definition) is 3. The fourth-order valence-electron chi connectivity index (χ4n) is 2.07. The van der Waals surface area contributed by atoms with Crippen LogP contribution < -0.4 is 5.32 Å². The summed E-state index contributed by atoms with van der Waals surface area (Å²) in [6.07, 6.45) is 4.24. The first-order valence-electron chi connectivity index (χ1n) is 7.24. The van der Waals surface area contributed by atoms with E-state index in [-0.39, 0.29) is 24.5 Å². The number of likely N-dealkylation sites (tertiary alicyclic amines) is 1. The number of carbonyl (C=O) groups is 2. The van der Waals surface area contributed by atoms with Gasteiger partial charge in [0.25, 0.3) is 0 Å². The highest BCUT2D eigenvalue weighted by Gasteiger charge is 2.23. The molecule has 19 heavy (non-hydrogen) atoms. The van der Waals surface area contributed by atoms with Crippen LogP contribution in [0.3, 0.4) is 0 Å². The molecule has 0 bridgehead atoms. The lowest BCUT2D eigenvalue weighted by Crippen LogP contribution is -2.49. The molecule has 0 aromatic rings. The Morgan fingerprint density at radius 1 is 1.21 bits per heavy atom. The molecule has 1 saturated heterocycles. The van der Waals surface area contributed by atoms with Crippen LogP contribution in [0.1, 0.15) is 46.5 Å². The third-order valence-corrected chi connectivity index (χ3v) is 3.49. The first kappa shape index (κ1) is 16.0. The lowest BCUT2D eigenvalue weighted by atomic mass is 10.1. The van der Waals surface area contributed by atoms with E-state index in [9.17, 15) is 9.59 Å². The summed E-state index contributed by atoms with van der Waals surface area (Å²) in [5, 5.41) is 2.70. The molecule has 1 unspecified atom stereocenters. The van der Waals surface area contributed by atoms with E-state index in [2.05, 4.69) is 5.32 Å². The van der Waals surface area contributed by atoms with Crippen LogP contribution in [-0.4, -0.2) is 48.6 Å². The summed E-state index contributed by atoms with van der Waals surface area (Å²) >= 11 is 0. The molecular weight excluding hydrogens is 244 g/mol. The van der Waals surface area contributed by atoms with Crippen LogP contribution in [0.15, 0.2) is 0 Å². The molecule has 110 valence electrons. The fourth-order valence-corrected chi connectivity index (χ4v) is 2.07. The number of amides is 2. The molecule has 5 heteroatoms. The predicted octanol–water partition coefficient (Wildman–Crippen LogP) is 1.32. The Morgan fingerprint density at radius 3 is 2.42 bits per heavy atom. The van der Waals surface area contributed by atoms with Gasteiger partial charge >= 0.3 is 0 Å². The molecule has 1 aliphatic rings. The average Bonchev–Trinajstić information content (AvgIpc) is 2.44. The number of piperidine rings is 1. The summed E-state index contributed by atoms with van der Waals surface area (Å²) in [5.41, 5.74) is 0. The van der Waals surface area contributed by atoms with Crippen LogP contribution in [0.5, 0.6) is 0 Å². The van der Waals surface area contributed by atoms with Crippen molar-refractivity contribution in [2.45, 2.75) is 58.6 Å². The van der Waals surface area contributed by atoms with Crippen molar-refractivity contribution in [1.29, 1.82) is 0 Å². The van der Waals surface area contributed by atoms with E-state index in [1.165, 1.54) is 6.42 Å². The Morgan fingerprint density at radius 2 is 1.84 bits per heavy atom. The minimum absolute atomic E-state index is 0.0107. The molecule has 2 atom stereocenters. The van der Waals surface area contributed by atoms with Crippen molar-refractivity contribution < 1.29 is 14.3 Å². The number of carbonyl (C=O) groups excluding carboxylic acids is 2. The minimum atomic E-state index is -0.467. The summed E-state index contributed by atoms with van der Waals surface area (Å²) in [6.45, 7) is 7.30. The molecule has 5 nitrogen and oxygen atoms in total. The number of hydrogen-bond donors (Lipinski definition) is 1. The highest BCUT2D eigenvalue weighted by atomic mass is 16.5. The zero-order valence-electron chi connectivity index (χ0n) is 12.3. The highest BCUT2D eigenvalue weighted by molar-refractivity contribution is 5.87. The second-order valence-corrected chi connectivity index (χ2v) is 5.21. The van der Waals surface area contributed by atoms with E-state index in [4.69, 9.17) is 4.74 Å². The largest absolute Gasteiger partial charge is 0.369 e. The standard InChI is InChI=1S/C14H26N2O3/c1-4-11(2)19-10-13(17)15-12(3)14(18)16-8-6-5-7-9-16/h11-12H,4-10H2,1-3H3,(H,15,17)/t11?,12-/m0/s1. The minimum Gasteiger partial charge on any atom is -0.369 e. The number of nitrogens with zero attached hydrogens (tertiary/aromatic N) is 1. The summed E-state index contributed by atoms with van der Waals surface area (Å²) in [4.78, 5) is 25.6. The maximum atomic E-state index is 12.1. The van der Waals surface area contributed by atoms with Crippen molar-refractivity contribution in [2.75, 3.05) is 19.7 Å². The highest BCUT2D eigenvalue weighted by Crippen LogP contribution is 2.09. The molecule has 1 aliphatic heterocycles. The quantitative estimate of drug-likeness (QED) is 0.792. The van der Waals surface area contributed by atoms with Gasteiger partial charge in [0.1, 0.15) is 12.6 Å². The van der Waals surface area contributed by atoms with Crippen molar-refractivity contribution in [1.82, 2.24) is 10.2 Å². The lowest BCUT2D eigenvalue weighted by Gasteiger charge is -2.29. The Bertz CT molecular complexity index is 301. The zero-order valence-corrected chi connectivity index (χ0v) is 12.3. The van der Waals surface area contributed by atoms with E-state index in [0.717, 1.165) is 32.4 Å². The van der Waals surface area contributed by atoms with Crippen LogP contribution in [0, 0.1) is 0 Å². The fraction of sp³-hybridized carbons (Fsp3) is 0.857. The average molecular weight is 270 g/mol. The van der Waals surface area contributed by atoms with Gasteiger partial charge in [0.2, 0.25) is 11.8 Å². The SMILES string of the molecule is CCC(C)OCC(=O)N[C@@H](C)C(=O)N1CCCCC1. The second kappa shape index (κ2) is 8.15. The molecule has 0 aromatic carbocycles. The molecular formula is C14H26N2O3. The normalized spacial score (nSPS) is 18.8. The molecule has 1 heterocycles. The number of ether oxygens (including phenoxy) is 1.